The van der Waals surface area contributed by atoms with Crippen molar-refractivity contribution in [2.75, 3.05) is 7.11 Å². The van der Waals surface area contributed by atoms with E-state index in [2.05, 4.69) is 43.0 Å². The lowest BCUT2D eigenvalue weighted by Gasteiger charge is -2.33. The maximum atomic E-state index is 12.5. The molecule has 0 aliphatic heterocycles. The Hall–Kier alpha value is -2.13. The van der Waals surface area contributed by atoms with Crippen molar-refractivity contribution in [2.45, 2.75) is 39.4 Å². The van der Waals surface area contributed by atoms with Crippen LogP contribution in [-0.4, -0.2) is 24.0 Å². The summed E-state index contributed by atoms with van der Waals surface area (Å²) in [5.74, 6) is 0.0705. The molecule has 2 atom stereocenters. The molecule has 24 heavy (non-hydrogen) atoms. The monoisotopic (exact) mass is 325 g/mol. The smallest absolute Gasteiger partial charge is 0.323 e. The minimum Gasteiger partial charge on any atom is -0.468 e. The lowest BCUT2D eigenvalue weighted by Crippen LogP contribution is -2.45. The summed E-state index contributed by atoms with van der Waals surface area (Å²) in [5, 5.41) is 0. The van der Waals surface area contributed by atoms with E-state index in [4.69, 9.17) is 4.74 Å². The highest BCUT2D eigenvalue weighted by molar-refractivity contribution is 5.76. The Balaban J connectivity index is 2.30. The van der Waals surface area contributed by atoms with E-state index in [9.17, 15) is 4.79 Å². The van der Waals surface area contributed by atoms with Crippen molar-refractivity contribution in [2.24, 2.45) is 5.92 Å². The normalized spacial score (nSPS) is 13.5. The summed E-state index contributed by atoms with van der Waals surface area (Å²) in [6, 6.07) is 20.3. The van der Waals surface area contributed by atoms with Gasteiger partial charge in [0.25, 0.3) is 0 Å². The number of benzene rings is 2. The molecule has 2 aromatic rings. The van der Waals surface area contributed by atoms with Gasteiger partial charge in [-0.05, 0) is 17.0 Å². The van der Waals surface area contributed by atoms with Crippen LogP contribution in [0.25, 0.3) is 0 Å². The largest absolute Gasteiger partial charge is 0.468 e. The van der Waals surface area contributed by atoms with E-state index in [0.717, 1.165) is 19.5 Å². The highest BCUT2D eigenvalue weighted by atomic mass is 16.5. The van der Waals surface area contributed by atoms with Crippen LogP contribution in [0.5, 0.6) is 0 Å². The summed E-state index contributed by atoms with van der Waals surface area (Å²) in [5.41, 5.74) is 2.40. The maximum Gasteiger partial charge on any atom is 0.323 e. The van der Waals surface area contributed by atoms with Crippen molar-refractivity contribution in [1.29, 1.82) is 0 Å². The molecule has 0 fully saturated rings. The average molecular weight is 325 g/mol. The van der Waals surface area contributed by atoms with Crippen LogP contribution in [0, 0.1) is 5.92 Å². The standard InChI is InChI=1S/C21H27NO2/c1-4-17(2)20(21(23)24-3)22(15-18-11-7-5-8-12-18)16-19-13-9-6-10-14-19/h5-14,17,20H,4,15-16H2,1-3H3/t17-,20+/m0/s1. The number of hydrogen-bond donors (Lipinski definition) is 0. The van der Waals surface area contributed by atoms with E-state index in [1.54, 1.807) is 0 Å². The van der Waals surface area contributed by atoms with Gasteiger partial charge in [0.05, 0.1) is 7.11 Å². The van der Waals surface area contributed by atoms with Crippen molar-refractivity contribution in [1.82, 2.24) is 4.90 Å². The van der Waals surface area contributed by atoms with Gasteiger partial charge in [-0.25, -0.2) is 0 Å². The SMILES string of the molecule is CC[C@H](C)[C@H](C(=O)OC)N(Cc1ccccc1)Cc1ccccc1. The second-order valence-corrected chi connectivity index (χ2v) is 6.23. The predicted molar refractivity (Wildman–Crippen MR) is 97.4 cm³/mol. The number of rotatable bonds is 8. The number of nitrogens with zero attached hydrogens (tertiary/aromatic N) is 1. The van der Waals surface area contributed by atoms with Gasteiger partial charge in [-0.3, -0.25) is 9.69 Å². The van der Waals surface area contributed by atoms with E-state index in [0.29, 0.717) is 0 Å². The number of esters is 1. The Morgan fingerprint density at radius 1 is 0.958 bits per heavy atom. The second-order valence-electron chi connectivity index (χ2n) is 6.23. The van der Waals surface area contributed by atoms with Crippen LogP contribution in [0.2, 0.25) is 0 Å². The summed E-state index contributed by atoms with van der Waals surface area (Å²) >= 11 is 0. The van der Waals surface area contributed by atoms with Crippen LogP contribution < -0.4 is 0 Å². The van der Waals surface area contributed by atoms with Crippen LogP contribution >= 0.6 is 0 Å². The third-order valence-corrected chi connectivity index (χ3v) is 4.48. The van der Waals surface area contributed by atoms with Crippen LogP contribution in [0.4, 0.5) is 0 Å². The molecular weight excluding hydrogens is 298 g/mol. The maximum absolute atomic E-state index is 12.5. The second kappa shape index (κ2) is 9.24. The number of ether oxygens (including phenoxy) is 1. The molecule has 3 heteroatoms. The van der Waals surface area contributed by atoms with Crippen LogP contribution in [0.1, 0.15) is 31.4 Å². The molecule has 0 heterocycles. The van der Waals surface area contributed by atoms with E-state index in [1.165, 1.54) is 18.2 Å². The molecule has 0 aliphatic carbocycles. The molecule has 0 aromatic heterocycles. The Kier molecular flexibility index (Phi) is 7.01. The topological polar surface area (TPSA) is 29.5 Å². The van der Waals surface area contributed by atoms with E-state index in [-0.39, 0.29) is 17.9 Å². The Labute approximate surface area is 145 Å². The molecule has 2 rings (SSSR count). The highest BCUT2D eigenvalue weighted by Crippen LogP contribution is 2.21. The van der Waals surface area contributed by atoms with Gasteiger partial charge in [-0.15, -0.1) is 0 Å². The van der Waals surface area contributed by atoms with Crippen molar-refractivity contribution in [3.63, 3.8) is 0 Å². The lowest BCUT2D eigenvalue weighted by atomic mass is 9.96. The van der Waals surface area contributed by atoms with Crippen LogP contribution in [-0.2, 0) is 22.6 Å². The van der Waals surface area contributed by atoms with E-state index >= 15 is 0 Å². The molecule has 0 unspecified atom stereocenters. The molecule has 0 bridgehead atoms. The molecular formula is C21H27NO2. The van der Waals surface area contributed by atoms with E-state index in [1.807, 2.05) is 36.4 Å². The number of carbonyl (C=O) groups is 1. The van der Waals surface area contributed by atoms with E-state index < -0.39 is 0 Å². The fourth-order valence-corrected chi connectivity index (χ4v) is 2.97. The van der Waals surface area contributed by atoms with Gasteiger partial charge in [0.1, 0.15) is 6.04 Å². The molecule has 2 aromatic carbocycles. The van der Waals surface area contributed by atoms with Crippen molar-refractivity contribution < 1.29 is 9.53 Å². The first-order valence-corrected chi connectivity index (χ1v) is 8.55. The summed E-state index contributed by atoms with van der Waals surface area (Å²) in [6.45, 7) is 5.67. The first-order valence-electron chi connectivity index (χ1n) is 8.55. The summed E-state index contributed by atoms with van der Waals surface area (Å²) in [7, 11) is 1.47. The van der Waals surface area contributed by atoms with Gasteiger partial charge in [-0.1, -0.05) is 80.9 Å². The molecule has 0 radical (unpaired) electrons. The molecule has 0 saturated heterocycles. The molecule has 0 amide bonds. The summed E-state index contributed by atoms with van der Waals surface area (Å²) in [4.78, 5) is 14.7. The third kappa shape index (κ3) is 4.93. The number of carbonyl (C=O) groups excluding carboxylic acids is 1. The zero-order chi connectivity index (χ0) is 17.4. The van der Waals surface area contributed by atoms with Gasteiger partial charge in [0, 0.05) is 13.1 Å². The minimum atomic E-state index is -0.250. The predicted octanol–water partition coefficient (Wildman–Crippen LogP) is 4.28. The van der Waals surface area contributed by atoms with Crippen molar-refractivity contribution in [3.8, 4) is 0 Å². The average Bonchev–Trinajstić information content (AvgIpc) is 2.63. The highest BCUT2D eigenvalue weighted by Gasteiger charge is 2.31. The summed E-state index contributed by atoms with van der Waals surface area (Å²) in [6.07, 6.45) is 0.930. The summed E-state index contributed by atoms with van der Waals surface area (Å²) < 4.78 is 5.11. The van der Waals surface area contributed by atoms with Gasteiger partial charge in [-0.2, -0.15) is 0 Å². The molecule has 0 aliphatic rings. The van der Waals surface area contributed by atoms with Gasteiger partial charge in [0.15, 0.2) is 0 Å². The first-order chi connectivity index (χ1) is 11.7. The van der Waals surface area contributed by atoms with Crippen LogP contribution in [0.3, 0.4) is 0 Å². The fourth-order valence-electron chi connectivity index (χ4n) is 2.97. The number of hydrogen-bond acceptors (Lipinski definition) is 3. The molecule has 0 spiro atoms. The molecule has 0 N–H and O–H groups in total. The number of methoxy groups -OCH3 is 1. The Morgan fingerprint density at radius 3 is 1.79 bits per heavy atom. The first kappa shape index (κ1) is 18.2. The van der Waals surface area contributed by atoms with Gasteiger partial charge in [0.2, 0.25) is 0 Å². The van der Waals surface area contributed by atoms with Crippen molar-refractivity contribution >= 4 is 5.97 Å². The molecule has 128 valence electrons. The Bertz CT molecular complexity index is 571. The quantitative estimate of drug-likeness (QED) is 0.679. The molecule has 3 nitrogen and oxygen atoms in total. The zero-order valence-electron chi connectivity index (χ0n) is 14.8. The van der Waals surface area contributed by atoms with Gasteiger partial charge < -0.3 is 4.74 Å². The fraction of sp³-hybridized carbons (Fsp3) is 0.381. The lowest BCUT2D eigenvalue weighted by molar-refractivity contribution is -0.149. The molecule has 0 saturated carbocycles. The van der Waals surface area contributed by atoms with Crippen molar-refractivity contribution in [3.05, 3.63) is 71.8 Å². The minimum absolute atomic E-state index is 0.156. The van der Waals surface area contributed by atoms with Gasteiger partial charge >= 0.3 is 5.97 Å². The Morgan fingerprint density at radius 2 is 1.42 bits per heavy atom. The zero-order valence-corrected chi connectivity index (χ0v) is 14.8. The van der Waals surface area contributed by atoms with Crippen LogP contribution in [0.15, 0.2) is 60.7 Å². The third-order valence-electron chi connectivity index (χ3n) is 4.48.